The van der Waals surface area contributed by atoms with Crippen LogP contribution in [0.25, 0.3) is 11.0 Å². The standard InChI is InChI=1S/C15H17N3O3/c1-4-10-11-7-8(2)5-6-12(11)21-13(10)9(3)17-18-15(20)14(16)19/h5-7H,4H2,1-3H3,(H2,16,19)(H,18,20). The first kappa shape index (κ1) is 14.8. The summed E-state index contributed by atoms with van der Waals surface area (Å²) in [4.78, 5) is 21.8. The van der Waals surface area contributed by atoms with E-state index < -0.39 is 11.8 Å². The van der Waals surface area contributed by atoms with Crippen LogP contribution in [0.15, 0.2) is 27.7 Å². The molecule has 0 aliphatic rings. The van der Waals surface area contributed by atoms with Gasteiger partial charge in [0, 0.05) is 10.9 Å². The van der Waals surface area contributed by atoms with Gasteiger partial charge in [-0.15, -0.1) is 0 Å². The van der Waals surface area contributed by atoms with Gasteiger partial charge >= 0.3 is 11.8 Å². The summed E-state index contributed by atoms with van der Waals surface area (Å²) in [5, 5.41) is 4.90. The number of fused-ring (bicyclic) bond motifs is 1. The molecule has 3 N–H and O–H groups in total. The maximum absolute atomic E-state index is 11.1. The minimum atomic E-state index is -1.08. The van der Waals surface area contributed by atoms with E-state index in [0.717, 1.165) is 28.5 Å². The predicted octanol–water partition coefficient (Wildman–Crippen LogP) is 1.63. The van der Waals surface area contributed by atoms with Crippen molar-refractivity contribution in [3.8, 4) is 0 Å². The lowest BCUT2D eigenvalue weighted by molar-refractivity contribution is -0.137. The Hall–Kier alpha value is -2.63. The van der Waals surface area contributed by atoms with Gasteiger partial charge in [0.25, 0.3) is 0 Å². The molecule has 6 nitrogen and oxygen atoms in total. The lowest BCUT2D eigenvalue weighted by Gasteiger charge is -2.00. The van der Waals surface area contributed by atoms with E-state index in [0.29, 0.717) is 11.5 Å². The van der Waals surface area contributed by atoms with Crippen LogP contribution >= 0.6 is 0 Å². The van der Waals surface area contributed by atoms with Gasteiger partial charge in [0.15, 0.2) is 5.76 Å². The number of amides is 2. The number of furan rings is 1. The molecular formula is C15H17N3O3. The van der Waals surface area contributed by atoms with Crippen LogP contribution in [0.4, 0.5) is 0 Å². The van der Waals surface area contributed by atoms with Crippen molar-refractivity contribution < 1.29 is 14.0 Å². The third-order valence-corrected chi connectivity index (χ3v) is 3.18. The third-order valence-electron chi connectivity index (χ3n) is 3.18. The highest BCUT2D eigenvalue weighted by Gasteiger charge is 2.16. The molecule has 0 radical (unpaired) electrons. The molecule has 2 amide bonds. The normalized spacial score (nSPS) is 11.7. The fourth-order valence-electron chi connectivity index (χ4n) is 2.15. The van der Waals surface area contributed by atoms with E-state index >= 15 is 0 Å². The minimum absolute atomic E-state index is 0.482. The first-order valence-electron chi connectivity index (χ1n) is 6.60. The van der Waals surface area contributed by atoms with Gasteiger partial charge in [-0.1, -0.05) is 18.6 Å². The van der Waals surface area contributed by atoms with E-state index in [1.807, 2.05) is 26.0 Å². The predicted molar refractivity (Wildman–Crippen MR) is 79.9 cm³/mol. The highest BCUT2D eigenvalue weighted by molar-refractivity contribution is 6.34. The fraction of sp³-hybridized carbons (Fsp3) is 0.267. The largest absolute Gasteiger partial charge is 0.454 e. The minimum Gasteiger partial charge on any atom is -0.454 e. The van der Waals surface area contributed by atoms with Gasteiger partial charge in [0.2, 0.25) is 0 Å². The molecule has 0 atom stereocenters. The number of nitrogens with one attached hydrogen (secondary N) is 1. The van der Waals surface area contributed by atoms with Gasteiger partial charge in [-0.2, -0.15) is 5.10 Å². The summed E-state index contributed by atoms with van der Waals surface area (Å²) in [5.74, 6) is -1.44. The van der Waals surface area contributed by atoms with Crippen molar-refractivity contribution in [3.05, 3.63) is 35.1 Å². The van der Waals surface area contributed by atoms with E-state index in [4.69, 9.17) is 10.2 Å². The fourth-order valence-corrected chi connectivity index (χ4v) is 2.15. The Morgan fingerprint density at radius 3 is 2.71 bits per heavy atom. The van der Waals surface area contributed by atoms with Crippen molar-refractivity contribution in [3.63, 3.8) is 0 Å². The summed E-state index contributed by atoms with van der Waals surface area (Å²) in [6.45, 7) is 5.73. The van der Waals surface area contributed by atoms with Crippen LogP contribution in [0.3, 0.4) is 0 Å². The Balaban J connectivity index is 2.43. The van der Waals surface area contributed by atoms with Crippen molar-refractivity contribution in [1.82, 2.24) is 5.43 Å². The number of rotatable bonds is 3. The average molecular weight is 287 g/mol. The maximum Gasteiger partial charge on any atom is 0.329 e. The zero-order valence-electron chi connectivity index (χ0n) is 12.2. The number of nitrogens with zero attached hydrogens (tertiary/aromatic N) is 1. The van der Waals surface area contributed by atoms with Gasteiger partial charge in [-0.05, 0) is 32.4 Å². The number of carbonyl (C=O) groups excluding carboxylic acids is 2. The number of hydrogen-bond donors (Lipinski definition) is 2. The number of primary amides is 1. The number of nitrogens with two attached hydrogens (primary N) is 1. The second kappa shape index (κ2) is 5.78. The summed E-state index contributed by atoms with van der Waals surface area (Å²) < 4.78 is 5.80. The number of carbonyl (C=O) groups is 2. The molecule has 0 fully saturated rings. The summed E-state index contributed by atoms with van der Waals surface area (Å²) >= 11 is 0. The second-order valence-electron chi connectivity index (χ2n) is 4.77. The van der Waals surface area contributed by atoms with Crippen LogP contribution < -0.4 is 11.2 Å². The molecule has 0 aliphatic carbocycles. The molecule has 0 saturated heterocycles. The van der Waals surface area contributed by atoms with Crippen LogP contribution in [0.5, 0.6) is 0 Å². The molecule has 0 aliphatic heterocycles. The lowest BCUT2D eigenvalue weighted by Crippen LogP contribution is -2.33. The monoisotopic (exact) mass is 287 g/mol. The van der Waals surface area contributed by atoms with Crippen molar-refractivity contribution >= 4 is 28.5 Å². The molecule has 110 valence electrons. The van der Waals surface area contributed by atoms with Crippen LogP contribution in [0, 0.1) is 6.92 Å². The zero-order valence-corrected chi connectivity index (χ0v) is 12.2. The molecule has 0 unspecified atom stereocenters. The molecule has 1 heterocycles. The summed E-state index contributed by atoms with van der Waals surface area (Å²) in [6, 6.07) is 5.93. The molecular weight excluding hydrogens is 270 g/mol. The quantitative estimate of drug-likeness (QED) is 0.510. The average Bonchev–Trinajstić information content (AvgIpc) is 2.81. The van der Waals surface area contributed by atoms with Crippen LogP contribution in [-0.4, -0.2) is 17.5 Å². The molecule has 1 aromatic carbocycles. The van der Waals surface area contributed by atoms with E-state index in [2.05, 4.69) is 16.6 Å². The molecule has 21 heavy (non-hydrogen) atoms. The zero-order chi connectivity index (χ0) is 15.6. The highest BCUT2D eigenvalue weighted by Crippen LogP contribution is 2.27. The Labute approximate surface area is 122 Å². The van der Waals surface area contributed by atoms with E-state index in [9.17, 15) is 9.59 Å². The lowest BCUT2D eigenvalue weighted by atomic mass is 10.0. The van der Waals surface area contributed by atoms with E-state index in [1.165, 1.54) is 0 Å². The number of aryl methyl sites for hydroxylation is 2. The Kier molecular flexibility index (Phi) is 4.07. The first-order chi connectivity index (χ1) is 9.93. The second-order valence-corrected chi connectivity index (χ2v) is 4.77. The van der Waals surface area contributed by atoms with Crippen LogP contribution in [-0.2, 0) is 16.0 Å². The van der Waals surface area contributed by atoms with Gasteiger partial charge in [0.1, 0.15) is 11.3 Å². The molecule has 2 rings (SSSR count). The van der Waals surface area contributed by atoms with Crippen LogP contribution in [0.2, 0.25) is 0 Å². The first-order valence-corrected chi connectivity index (χ1v) is 6.60. The van der Waals surface area contributed by atoms with Gasteiger partial charge in [-0.3, -0.25) is 9.59 Å². The Morgan fingerprint density at radius 1 is 1.38 bits per heavy atom. The third kappa shape index (κ3) is 2.94. The van der Waals surface area contributed by atoms with Gasteiger partial charge < -0.3 is 10.2 Å². The van der Waals surface area contributed by atoms with Crippen molar-refractivity contribution in [2.75, 3.05) is 0 Å². The molecule has 1 aromatic heterocycles. The molecule has 0 spiro atoms. The molecule has 0 bridgehead atoms. The number of hydrogen-bond acceptors (Lipinski definition) is 4. The number of hydrazone groups is 1. The number of benzene rings is 1. The SMILES string of the molecule is CCc1c(C(C)=NNC(=O)C(N)=O)oc2ccc(C)cc12. The Bertz CT molecular complexity index is 744. The van der Waals surface area contributed by atoms with Crippen LogP contribution in [0.1, 0.15) is 30.7 Å². The topological polar surface area (TPSA) is 97.7 Å². The Morgan fingerprint density at radius 2 is 2.10 bits per heavy atom. The smallest absolute Gasteiger partial charge is 0.329 e. The maximum atomic E-state index is 11.1. The highest BCUT2D eigenvalue weighted by atomic mass is 16.3. The van der Waals surface area contributed by atoms with E-state index in [1.54, 1.807) is 6.92 Å². The summed E-state index contributed by atoms with van der Waals surface area (Å²) in [5.41, 5.74) is 10.4. The molecule has 6 heteroatoms. The molecule has 0 saturated carbocycles. The van der Waals surface area contributed by atoms with Crippen molar-refractivity contribution in [2.45, 2.75) is 27.2 Å². The van der Waals surface area contributed by atoms with Crippen molar-refractivity contribution in [1.29, 1.82) is 0 Å². The van der Waals surface area contributed by atoms with E-state index in [-0.39, 0.29) is 0 Å². The summed E-state index contributed by atoms with van der Waals surface area (Å²) in [7, 11) is 0. The molecule has 2 aromatic rings. The summed E-state index contributed by atoms with van der Waals surface area (Å²) in [6.07, 6.45) is 0.766. The van der Waals surface area contributed by atoms with Gasteiger partial charge in [-0.25, -0.2) is 5.43 Å². The van der Waals surface area contributed by atoms with Crippen molar-refractivity contribution in [2.24, 2.45) is 10.8 Å². The van der Waals surface area contributed by atoms with Gasteiger partial charge in [0.05, 0.1) is 0 Å².